The lowest BCUT2D eigenvalue weighted by Crippen LogP contribution is -2.52. The molecule has 0 unspecified atom stereocenters. The smallest absolute Gasteiger partial charge is 0.255 e. The minimum atomic E-state index is -2.54. The molecular formula is C13H20F2N2O2S. The van der Waals surface area contributed by atoms with E-state index in [1.807, 2.05) is 13.8 Å². The summed E-state index contributed by atoms with van der Waals surface area (Å²) in [5, 5.41) is 0. The van der Waals surface area contributed by atoms with Crippen molar-refractivity contribution < 1.29 is 18.4 Å². The summed E-state index contributed by atoms with van der Waals surface area (Å²) in [6, 6.07) is -0.578. The summed E-state index contributed by atoms with van der Waals surface area (Å²) >= 11 is 1.58. The van der Waals surface area contributed by atoms with Crippen LogP contribution < -0.4 is 0 Å². The third-order valence-corrected chi connectivity index (χ3v) is 5.40. The Morgan fingerprint density at radius 2 is 2.30 bits per heavy atom. The molecule has 0 saturated carbocycles. The third kappa shape index (κ3) is 2.77. The Hall–Kier alpha value is -0.850. The first-order valence-electron chi connectivity index (χ1n) is 6.92. The number of rotatable bonds is 5. The Labute approximate surface area is 121 Å². The van der Waals surface area contributed by atoms with Gasteiger partial charge in [-0.2, -0.15) is 0 Å². The molecule has 0 aromatic carbocycles. The normalized spacial score (nSPS) is 29.1. The Kier molecular flexibility index (Phi) is 4.56. The van der Waals surface area contributed by atoms with Gasteiger partial charge in [0.15, 0.2) is 0 Å². The Balaban J connectivity index is 2.13. The average molecular weight is 306 g/mol. The highest BCUT2D eigenvalue weighted by molar-refractivity contribution is 8.01. The van der Waals surface area contributed by atoms with E-state index >= 15 is 0 Å². The first kappa shape index (κ1) is 15.5. The molecule has 4 nitrogen and oxygen atoms in total. The summed E-state index contributed by atoms with van der Waals surface area (Å²) in [6.45, 7) is 3.56. The van der Waals surface area contributed by atoms with Crippen molar-refractivity contribution in [3.63, 3.8) is 0 Å². The number of thioether (sulfide) groups is 1. The highest BCUT2D eigenvalue weighted by Gasteiger charge is 2.53. The summed E-state index contributed by atoms with van der Waals surface area (Å²) in [6.07, 6.45) is -0.747. The molecule has 7 heteroatoms. The largest absolute Gasteiger partial charge is 0.335 e. The van der Waals surface area contributed by atoms with Gasteiger partial charge in [0, 0.05) is 18.7 Å². The molecule has 2 heterocycles. The van der Waals surface area contributed by atoms with Crippen molar-refractivity contribution in [2.24, 2.45) is 0 Å². The Morgan fingerprint density at radius 1 is 1.60 bits per heavy atom. The van der Waals surface area contributed by atoms with Gasteiger partial charge in [0.1, 0.15) is 6.04 Å². The van der Waals surface area contributed by atoms with Crippen LogP contribution in [0.3, 0.4) is 0 Å². The topological polar surface area (TPSA) is 40.6 Å². The van der Waals surface area contributed by atoms with E-state index in [4.69, 9.17) is 0 Å². The first-order valence-corrected chi connectivity index (χ1v) is 7.90. The molecule has 2 aliphatic heterocycles. The van der Waals surface area contributed by atoms with E-state index in [9.17, 15) is 18.4 Å². The molecule has 2 atom stereocenters. The van der Waals surface area contributed by atoms with Gasteiger partial charge in [-0.25, -0.2) is 8.78 Å². The van der Waals surface area contributed by atoms with Crippen molar-refractivity contribution in [2.75, 3.05) is 18.8 Å². The molecule has 2 amide bonds. The number of nitrogens with zero attached hydrogens (tertiary/aromatic N) is 2. The third-order valence-electron chi connectivity index (χ3n) is 3.89. The summed E-state index contributed by atoms with van der Waals surface area (Å²) in [7, 11) is 0. The van der Waals surface area contributed by atoms with E-state index in [1.165, 1.54) is 4.90 Å². The molecule has 0 aliphatic carbocycles. The maximum atomic E-state index is 12.6. The summed E-state index contributed by atoms with van der Waals surface area (Å²) < 4.78 is 25.2. The molecule has 2 rings (SSSR count). The maximum absolute atomic E-state index is 12.6. The van der Waals surface area contributed by atoms with Crippen LogP contribution in [-0.4, -0.2) is 57.8 Å². The van der Waals surface area contributed by atoms with Crippen LogP contribution in [-0.2, 0) is 9.59 Å². The molecule has 20 heavy (non-hydrogen) atoms. The second-order valence-electron chi connectivity index (χ2n) is 5.44. The zero-order valence-electron chi connectivity index (χ0n) is 11.8. The van der Waals surface area contributed by atoms with Crippen LogP contribution in [0.2, 0.25) is 0 Å². The van der Waals surface area contributed by atoms with Gasteiger partial charge in [-0.05, 0) is 19.8 Å². The molecule has 0 aromatic rings. The highest BCUT2D eigenvalue weighted by Crippen LogP contribution is 2.47. The summed E-state index contributed by atoms with van der Waals surface area (Å²) in [5.41, 5.74) is 0. The number of carbonyl (C=O) groups is 2. The van der Waals surface area contributed by atoms with E-state index in [-0.39, 0.29) is 16.7 Å². The summed E-state index contributed by atoms with van der Waals surface area (Å²) in [5.74, 6) is 0.132. The number of fused-ring (bicyclic) bond motifs is 1. The Bertz CT molecular complexity index is 408. The van der Waals surface area contributed by atoms with Crippen molar-refractivity contribution in [3.8, 4) is 0 Å². The van der Waals surface area contributed by atoms with Crippen molar-refractivity contribution >= 4 is 23.6 Å². The number of halogens is 2. The summed E-state index contributed by atoms with van der Waals surface area (Å²) in [4.78, 5) is 26.9. The highest BCUT2D eigenvalue weighted by atomic mass is 32.2. The molecule has 0 radical (unpaired) electrons. The van der Waals surface area contributed by atoms with Crippen LogP contribution in [0.15, 0.2) is 0 Å². The van der Waals surface area contributed by atoms with E-state index in [1.54, 1.807) is 16.7 Å². The SMILES string of the molecule is CCCN(CC(F)F)C(=O)[C@H]1CS[C@@]2(C)CCC(=O)N12. The molecule has 0 N–H and O–H groups in total. The van der Waals surface area contributed by atoms with Gasteiger partial charge in [0.2, 0.25) is 11.8 Å². The molecule has 114 valence electrons. The molecule has 2 fully saturated rings. The van der Waals surface area contributed by atoms with Crippen LogP contribution in [0.1, 0.15) is 33.1 Å². The molecule has 0 spiro atoms. The van der Waals surface area contributed by atoms with Gasteiger partial charge in [-0.1, -0.05) is 6.92 Å². The molecule has 2 aliphatic rings. The Morgan fingerprint density at radius 3 is 2.90 bits per heavy atom. The maximum Gasteiger partial charge on any atom is 0.255 e. The standard InChI is InChI=1S/C13H20F2N2O2S/c1-3-6-16(7-10(14)15)12(19)9-8-20-13(2)5-4-11(18)17(9)13/h9-10H,3-8H2,1-2H3/t9-,13+/m1/s1. The molecule has 0 bridgehead atoms. The number of carbonyl (C=O) groups excluding carboxylic acids is 2. The van der Waals surface area contributed by atoms with E-state index < -0.39 is 19.0 Å². The quantitative estimate of drug-likeness (QED) is 0.779. The van der Waals surface area contributed by atoms with Gasteiger partial charge >= 0.3 is 0 Å². The number of hydrogen-bond donors (Lipinski definition) is 0. The van der Waals surface area contributed by atoms with Crippen LogP contribution in [0.25, 0.3) is 0 Å². The first-order chi connectivity index (χ1) is 9.39. The van der Waals surface area contributed by atoms with E-state index in [0.29, 0.717) is 25.1 Å². The minimum absolute atomic E-state index is 0.0376. The fraction of sp³-hybridized carbons (Fsp3) is 0.846. The lowest BCUT2D eigenvalue weighted by atomic mass is 10.2. The fourth-order valence-corrected chi connectivity index (χ4v) is 4.37. The predicted molar refractivity (Wildman–Crippen MR) is 73.6 cm³/mol. The van der Waals surface area contributed by atoms with Crippen molar-refractivity contribution in [1.82, 2.24) is 9.80 Å². The number of alkyl halides is 2. The number of amides is 2. The zero-order valence-corrected chi connectivity index (χ0v) is 12.6. The second kappa shape index (κ2) is 5.87. The second-order valence-corrected chi connectivity index (χ2v) is 6.94. The van der Waals surface area contributed by atoms with Gasteiger partial charge in [0.25, 0.3) is 6.43 Å². The van der Waals surface area contributed by atoms with Gasteiger partial charge in [0.05, 0.1) is 11.4 Å². The lowest BCUT2D eigenvalue weighted by Gasteiger charge is -2.33. The van der Waals surface area contributed by atoms with Crippen LogP contribution in [0, 0.1) is 0 Å². The molecule has 0 aromatic heterocycles. The van der Waals surface area contributed by atoms with Crippen molar-refractivity contribution in [2.45, 2.75) is 50.4 Å². The van der Waals surface area contributed by atoms with Gasteiger partial charge < -0.3 is 9.80 Å². The lowest BCUT2D eigenvalue weighted by molar-refractivity contribution is -0.145. The van der Waals surface area contributed by atoms with Gasteiger partial charge in [-0.3, -0.25) is 9.59 Å². The fourth-order valence-electron chi connectivity index (χ4n) is 2.94. The monoisotopic (exact) mass is 306 g/mol. The van der Waals surface area contributed by atoms with Crippen LogP contribution >= 0.6 is 11.8 Å². The van der Waals surface area contributed by atoms with E-state index in [0.717, 1.165) is 6.42 Å². The van der Waals surface area contributed by atoms with E-state index in [2.05, 4.69) is 0 Å². The minimum Gasteiger partial charge on any atom is -0.335 e. The number of hydrogen-bond acceptors (Lipinski definition) is 3. The van der Waals surface area contributed by atoms with Crippen LogP contribution in [0.4, 0.5) is 8.78 Å². The van der Waals surface area contributed by atoms with Gasteiger partial charge in [-0.15, -0.1) is 11.8 Å². The zero-order chi connectivity index (χ0) is 14.9. The van der Waals surface area contributed by atoms with Crippen LogP contribution in [0.5, 0.6) is 0 Å². The van der Waals surface area contributed by atoms with Crippen molar-refractivity contribution in [3.05, 3.63) is 0 Å². The average Bonchev–Trinajstić information content (AvgIpc) is 2.85. The predicted octanol–water partition coefficient (Wildman–Crippen LogP) is 1.94. The molecule has 2 saturated heterocycles. The molecular weight excluding hydrogens is 286 g/mol. The van der Waals surface area contributed by atoms with Crippen molar-refractivity contribution in [1.29, 1.82) is 0 Å².